The first kappa shape index (κ1) is 42.6. The first-order chi connectivity index (χ1) is 30.0. The summed E-state index contributed by atoms with van der Waals surface area (Å²) in [6.07, 6.45) is 9.51. The number of hydrogen-bond donors (Lipinski definition) is 1. The molecule has 1 atom stereocenters. The van der Waals surface area contributed by atoms with Crippen molar-refractivity contribution in [2.45, 2.75) is 57.7 Å². The number of pyridine rings is 2. The topological polar surface area (TPSA) is 150 Å². The number of benzene rings is 2. The molecule has 62 heavy (non-hydrogen) atoms. The van der Waals surface area contributed by atoms with E-state index in [0.29, 0.717) is 41.9 Å². The van der Waals surface area contributed by atoms with Crippen molar-refractivity contribution < 1.29 is 28.7 Å². The minimum atomic E-state index is -0.970. The van der Waals surface area contributed by atoms with Crippen molar-refractivity contribution in [3.63, 3.8) is 0 Å². The largest absolute Gasteiger partial charge is 0.496 e. The van der Waals surface area contributed by atoms with Crippen LogP contribution in [0.15, 0.2) is 66.2 Å². The van der Waals surface area contributed by atoms with Gasteiger partial charge in [-0.05, 0) is 86.5 Å². The van der Waals surface area contributed by atoms with Crippen LogP contribution in [0.25, 0.3) is 21.9 Å². The van der Waals surface area contributed by atoms with Crippen molar-refractivity contribution in [1.82, 2.24) is 29.6 Å². The van der Waals surface area contributed by atoms with E-state index in [2.05, 4.69) is 43.7 Å². The molecule has 3 fully saturated rings. The monoisotopic (exact) mass is 844 g/mol. The highest BCUT2D eigenvalue weighted by molar-refractivity contribution is 6.23. The lowest BCUT2D eigenvalue weighted by molar-refractivity contribution is -0.136. The fraction of sp³-hybridized carbons (Fsp3) is 0.447. The summed E-state index contributed by atoms with van der Waals surface area (Å²) in [6.45, 7) is 11.6. The molecule has 4 amide bonds. The Morgan fingerprint density at radius 1 is 0.823 bits per heavy atom. The number of fused-ring (bicyclic) bond motifs is 2. The lowest BCUT2D eigenvalue weighted by Crippen LogP contribution is -2.54. The highest BCUT2D eigenvalue weighted by Crippen LogP contribution is 2.39. The molecule has 0 radical (unpaired) electrons. The number of rotatable bonds is 14. The third-order valence-corrected chi connectivity index (χ3v) is 13.0. The second-order valence-corrected chi connectivity index (χ2v) is 17.0. The fourth-order valence-corrected chi connectivity index (χ4v) is 9.34. The number of piperidine rings is 2. The van der Waals surface area contributed by atoms with Gasteiger partial charge in [-0.25, -0.2) is 4.98 Å². The van der Waals surface area contributed by atoms with Crippen LogP contribution in [0.4, 0.5) is 11.5 Å². The zero-order valence-corrected chi connectivity index (χ0v) is 36.2. The molecule has 3 saturated heterocycles. The average molecular weight is 845 g/mol. The van der Waals surface area contributed by atoms with Crippen LogP contribution in [-0.4, -0.2) is 128 Å². The molecule has 326 valence electrons. The molecule has 15 heteroatoms. The first-order valence-corrected chi connectivity index (χ1v) is 21.6. The van der Waals surface area contributed by atoms with Crippen molar-refractivity contribution in [1.29, 1.82) is 0 Å². The maximum Gasteiger partial charge on any atom is 0.262 e. The summed E-state index contributed by atoms with van der Waals surface area (Å²) < 4.78 is 13.8. The summed E-state index contributed by atoms with van der Waals surface area (Å²) in [5.74, 6) is 0.882. The van der Waals surface area contributed by atoms with Gasteiger partial charge in [0.15, 0.2) is 0 Å². The predicted octanol–water partition coefficient (Wildman–Crippen LogP) is 4.55. The van der Waals surface area contributed by atoms with E-state index < -0.39 is 23.8 Å². The number of anilines is 2. The number of piperazine rings is 1. The number of aryl methyl sites for hydroxylation is 1. The maximum absolute atomic E-state index is 13.5. The van der Waals surface area contributed by atoms with Crippen molar-refractivity contribution in [2.75, 3.05) is 83.9 Å². The summed E-state index contributed by atoms with van der Waals surface area (Å²) in [5, 5.41) is 3.63. The Bertz CT molecular complexity index is 2440. The number of methoxy groups -OCH3 is 2. The van der Waals surface area contributed by atoms with Crippen LogP contribution in [-0.2, 0) is 22.7 Å². The van der Waals surface area contributed by atoms with Gasteiger partial charge >= 0.3 is 0 Å². The van der Waals surface area contributed by atoms with Gasteiger partial charge in [0.1, 0.15) is 23.4 Å². The summed E-state index contributed by atoms with van der Waals surface area (Å²) in [4.78, 5) is 79.0. The molecule has 1 N–H and O–H groups in total. The number of nitrogens with zero attached hydrogens (tertiary/aromatic N) is 7. The number of hydrogen-bond acceptors (Lipinski definition) is 12. The summed E-state index contributed by atoms with van der Waals surface area (Å²) in [5.41, 5.74) is 4.22. The van der Waals surface area contributed by atoms with Gasteiger partial charge in [-0.3, -0.25) is 39.1 Å². The SMILES string of the molecule is C=CCCn1cc(-c2cc(OC)c(CN3CCN(CCC4CCN(c5ccc6c(c5)C(=O)N(C5CCC(=O)NC5=O)C6=O)CC4)CC3)c(OC)c2)c2cc(N(C)C)ncc2c1=O. The molecule has 4 aliphatic rings. The van der Waals surface area contributed by atoms with Gasteiger partial charge in [-0.2, -0.15) is 0 Å². The van der Waals surface area contributed by atoms with Crippen molar-refractivity contribution in [3.8, 4) is 22.6 Å². The Hall–Kier alpha value is -6.06. The van der Waals surface area contributed by atoms with E-state index in [-0.39, 0.29) is 24.3 Å². The van der Waals surface area contributed by atoms with Gasteiger partial charge < -0.3 is 28.7 Å². The van der Waals surface area contributed by atoms with Gasteiger partial charge in [-0.1, -0.05) is 6.08 Å². The summed E-state index contributed by atoms with van der Waals surface area (Å²) >= 11 is 0. The molecule has 8 rings (SSSR count). The second-order valence-electron chi connectivity index (χ2n) is 17.0. The third kappa shape index (κ3) is 8.43. The van der Waals surface area contributed by atoms with Crippen LogP contribution in [0.2, 0.25) is 0 Å². The molecule has 6 heterocycles. The molecule has 0 aliphatic carbocycles. The molecule has 0 spiro atoms. The fourth-order valence-electron chi connectivity index (χ4n) is 9.34. The number of amides is 4. The first-order valence-electron chi connectivity index (χ1n) is 21.6. The Labute approximate surface area is 361 Å². The molecule has 0 saturated carbocycles. The molecular weight excluding hydrogens is 789 g/mol. The van der Waals surface area contributed by atoms with E-state index in [4.69, 9.17) is 9.47 Å². The van der Waals surface area contributed by atoms with E-state index in [1.165, 1.54) is 0 Å². The molecule has 0 bridgehead atoms. The van der Waals surface area contributed by atoms with E-state index in [9.17, 15) is 24.0 Å². The quantitative estimate of drug-likeness (QED) is 0.140. The zero-order chi connectivity index (χ0) is 43.7. The van der Waals surface area contributed by atoms with Gasteiger partial charge in [0, 0.05) is 102 Å². The minimum Gasteiger partial charge on any atom is -0.496 e. The van der Waals surface area contributed by atoms with Crippen LogP contribution in [0.1, 0.15) is 64.8 Å². The van der Waals surface area contributed by atoms with Crippen molar-refractivity contribution in [3.05, 3.63) is 88.5 Å². The van der Waals surface area contributed by atoms with E-state index in [0.717, 1.165) is 115 Å². The van der Waals surface area contributed by atoms with Gasteiger partial charge in [0.2, 0.25) is 11.8 Å². The van der Waals surface area contributed by atoms with Gasteiger partial charge in [-0.15, -0.1) is 6.58 Å². The second kappa shape index (κ2) is 18.1. The van der Waals surface area contributed by atoms with Gasteiger partial charge in [0.25, 0.3) is 17.4 Å². The lowest BCUT2D eigenvalue weighted by atomic mass is 9.92. The molecular formula is C47H56N8O7. The summed E-state index contributed by atoms with van der Waals surface area (Å²) in [6, 6.07) is 10.5. The highest BCUT2D eigenvalue weighted by atomic mass is 16.5. The molecule has 15 nitrogen and oxygen atoms in total. The van der Waals surface area contributed by atoms with Gasteiger partial charge in [0.05, 0.1) is 36.3 Å². The van der Waals surface area contributed by atoms with E-state index in [1.807, 2.05) is 43.4 Å². The molecule has 4 aliphatic heterocycles. The number of allylic oxidation sites excluding steroid dienone is 1. The minimum absolute atomic E-state index is 0.0850. The maximum atomic E-state index is 13.5. The number of aromatic nitrogens is 2. The number of carbonyl (C=O) groups is 4. The predicted molar refractivity (Wildman–Crippen MR) is 238 cm³/mol. The van der Waals surface area contributed by atoms with Crippen molar-refractivity contribution in [2.24, 2.45) is 5.92 Å². The Kier molecular flexibility index (Phi) is 12.5. The number of ether oxygens (including phenoxy) is 2. The molecule has 2 aromatic heterocycles. The Morgan fingerprint density at radius 2 is 1.52 bits per heavy atom. The smallest absolute Gasteiger partial charge is 0.262 e. The van der Waals surface area contributed by atoms with Crippen LogP contribution in [0.5, 0.6) is 11.5 Å². The average Bonchev–Trinajstić information content (AvgIpc) is 3.53. The zero-order valence-electron chi connectivity index (χ0n) is 36.2. The third-order valence-electron chi connectivity index (χ3n) is 13.0. The summed E-state index contributed by atoms with van der Waals surface area (Å²) in [7, 11) is 7.25. The van der Waals surface area contributed by atoms with Crippen LogP contribution < -0.4 is 30.1 Å². The standard InChI is InChI=1S/C47H56N8O7/c1-6-7-15-54-29-37(34-26-42(50(2)3)48-27-36(34)45(54)58)31-23-40(61-4)38(41(24-31)62-5)28-52-21-19-51(20-22-52)16-12-30-13-17-53(18-14-30)32-8-9-33-35(25-32)47(60)55(46(33)59)39-10-11-43(56)49-44(39)57/h6,8-9,23-27,29-30,39H,1,7,10-22,28H2,2-5H3,(H,49,56,57). The number of nitrogens with one attached hydrogen (secondary N) is 1. The van der Waals surface area contributed by atoms with Crippen LogP contribution in [0, 0.1) is 5.92 Å². The van der Waals surface area contributed by atoms with Crippen molar-refractivity contribution >= 4 is 45.9 Å². The Balaban J connectivity index is 0.864. The highest BCUT2D eigenvalue weighted by Gasteiger charge is 2.45. The molecule has 1 unspecified atom stereocenters. The van der Waals surface area contributed by atoms with Crippen LogP contribution >= 0.6 is 0 Å². The Morgan fingerprint density at radius 3 is 2.18 bits per heavy atom. The molecule has 4 aromatic rings. The number of imide groups is 2. The lowest BCUT2D eigenvalue weighted by Gasteiger charge is -2.37. The normalized spacial score (nSPS) is 18.9. The van der Waals surface area contributed by atoms with E-state index in [1.54, 1.807) is 37.1 Å². The number of carbonyl (C=O) groups excluding carboxylic acids is 4. The van der Waals surface area contributed by atoms with E-state index >= 15 is 0 Å². The molecule has 2 aromatic carbocycles. The van der Waals surface area contributed by atoms with Crippen LogP contribution in [0.3, 0.4) is 0 Å².